The first kappa shape index (κ1) is 21.9. The van der Waals surface area contributed by atoms with Gasteiger partial charge in [0, 0.05) is 6.42 Å². The third-order valence-corrected chi connectivity index (χ3v) is 4.19. The van der Waals surface area contributed by atoms with Crippen molar-refractivity contribution in [2.75, 3.05) is 0 Å². The number of aliphatic hydroxyl groups is 1. The van der Waals surface area contributed by atoms with Crippen LogP contribution in [0.1, 0.15) is 18.1 Å². The number of rotatable bonds is 9. The molecule has 5 N–H and O–H groups in total. The number of primary amides is 1. The van der Waals surface area contributed by atoms with E-state index in [9.17, 15) is 19.5 Å². The summed E-state index contributed by atoms with van der Waals surface area (Å²) in [5, 5.41) is 14.7. The fraction of sp³-hybridized carbons (Fsp3) is 0.286. The van der Waals surface area contributed by atoms with Gasteiger partial charge in [-0.3, -0.25) is 9.59 Å². The maximum atomic E-state index is 12.6. The van der Waals surface area contributed by atoms with Crippen LogP contribution >= 0.6 is 0 Å². The number of hydrogen-bond donors (Lipinski definition) is 4. The maximum Gasteiger partial charge on any atom is 0.408 e. The zero-order chi connectivity index (χ0) is 21.2. The summed E-state index contributed by atoms with van der Waals surface area (Å²) in [6.07, 6.45) is -1.90. The van der Waals surface area contributed by atoms with Crippen LogP contribution < -0.4 is 16.4 Å². The van der Waals surface area contributed by atoms with Crippen molar-refractivity contribution in [1.29, 1.82) is 0 Å². The van der Waals surface area contributed by atoms with Gasteiger partial charge >= 0.3 is 6.09 Å². The highest BCUT2D eigenvalue weighted by Crippen LogP contribution is 2.05. The molecule has 0 spiro atoms. The molecule has 2 aromatic carbocycles. The highest BCUT2D eigenvalue weighted by molar-refractivity contribution is 5.91. The smallest absolute Gasteiger partial charge is 0.408 e. The lowest BCUT2D eigenvalue weighted by atomic mass is 10.0. The lowest BCUT2D eigenvalue weighted by molar-refractivity contribution is -0.130. The van der Waals surface area contributed by atoms with Gasteiger partial charge in [-0.15, -0.1) is 0 Å². The van der Waals surface area contributed by atoms with Crippen LogP contribution in [0.3, 0.4) is 0 Å². The molecule has 0 bridgehead atoms. The molecule has 0 aliphatic rings. The number of nitrogens with one attached hydrogen (secondary N) is 2. The van der Waals surface area contributed by atoms with Crippen molar-refractivity contribution in [1.82, 2.24) is 10.6 Å². The normalized spacial score (nSPS) is 13.6. The summed E-state index contributed by atoms with van der Waals surface area (Å²) in [5.74, 6) is -1.46. The summed E-state index contributed by atoms with van der Waals surface area (Å²) >= 11 is 0. The van der Waals surface area contributed by atoms with Gasteiger partial charge in [-0.2, -0.15) is 0 Å². The summed E-state index contributed by atoms with van der Waals surface area (Å²) in [7, 11) is 0. The summed E-state index contributed by atoms with van der Waals surface area (Å²) in [6, 6.07) is 15.7. The van der Waals surface area contributed by atoms with Crippen LogP contribution in [-0.2, 0) is 27.4 Å². The molecule has 3 atom stereocenters. The van der Waals surface area contributed by atoms with Gasteiger partial charge in [-0.05, 0) is 18.1 Å². The average Bonchev–Trinajstić information content (AvgIpc) is 2.71. The summed E-state index contributed by atoms with van der Waals surface area (Å²) < 4.78 is 5.07. The Labute approximate surface area is 169 Å². The zero-order valence-corrected chi connectivity index (χ0v) is 16.1. The van der Waals surface area contributed by atoms with Gasteiger partial charge in [0.05, 0.1) is 6.10 Å². The minimum Gasteiger partial charge on any atom is -0.445 e. The summed E-state index contributed by atoms with van der Waals surface area (Å²) in [5.41, 5.74) is 6.98. The number of ether oxygens (including phenoxy) is 1. The van der Waals surface area contributed by atoms with E-state index in [0.29, 0.717) is 0 Å². The molecule has 8 nitrogen and oxygen atoms in total. The van der Waals surface area contributed by atoms with Crippen molar-refractivity contribution < 1.29 is 24.2 Å². The third-order valence-electron chi connectivity index (χ3n) is 4.19. The van der Waals surface area contributed by atoms with Crippen LogP contribution in [0.15, 0.2) is 60.7 Å². The predicted molar refractivity (Wildman–Crippen MR) is 107 cm³/mol. The Balaban J connectivity index is 1.96. The Morgan fingerprint density at radius 3 is 2.03 bits per heavy atom. The molecule has 0 fully saturated rings. The second-order valence-corrected chi connectivity index (χ2v) is 6.58. The van der Waals surface area contributed by atoms with Crippen molar-refractivity contribution in [3.8, 4) is 0 Å². The number of nitrogens with two attached hydrogens (primary N) is 1. The fourth-order valence-corrected chi connectivity index (χ4v) is 2.63. The average molecular weight is 399 g/mol. The number of carbonyl (C=O) groups is 3. The minimum atomic E-state index is -1.31. The molecule has 0 saturated heterocycles. The topological polar surface area (TPSA) is 131 Å². The van der Waals surface area contributed by atoms with Crippen molar-refractivity contribution >= 4 is 17.9 Å². The molecule has 0 aliphatic heterocycles. The first-order valence-corrected chi connectivity index (χ1v) is 9.15. The first-order chi connectivity index (χ1) is 13.9. The van der Waals surface area contributed by atoms with Gasteiger partial charge in [-0.1, -0.05) is 60.7 Å². The molecule has 0 aromatic heterocycles. The second kappa shape index (κ2) is 10.8. The van der Waals surface area contributed by atoms with E-state index in [1.807, 2.05) is 12.1 Å². The zero-order valence-electron chi connectivity index (χ0n) is 16.1. The molecule has 8 heteroatoms. The molecule has 29 heavy (non-hydrogen) atoms. The largest absolute Gasteiger partial charge is 0.445 e. The van der Waals surface area contributed by atoms with E-state index in [1.165, 1.54) is 6.92 Å². The maximum absolute atomic E-state index is 12.6. The number of benzene rings is 2. The third kappa shape index (κ3) is 7.27. The highest BCUT2D eigenvalue weighted by atomic mass is 16.5. The molecular formula is C21H25N3O5. The van der Waals surface area contributed by atoms with E-state index in [4.69, 9.17) is 10.5 Å². The lowest BCUT2D eigenvalue weighted by Gasteiger charge is -2.23. The Hall–Kier alpha value is -3.39. The Kier molecular flexibility index (Phi) is 8.17. The van der Waals surface area contributed by atoms with E-state index >= 15 is 0 Å². The van der Waals surface area contributed by atoms with Crippen molar-refractivity contribution in [2.45, 2.75) is 38.1 Å². The van der Waals surface area contributed by atoms with Gasteiger partial charge in [0.15, 0.2) is 0 Å². The summed E-state index contributed by atoms with van der Waals surface area (Å²) in [6.45, 7) is 1.36. The van der Waals surface area contributed by atoms with Crippen LogP contribution in [0.5, 0.6) is 0 Å². The molecular weight excluding hydrogens is 374 g/mol. The van der Waals surface area contributed by atoms with E-state index in [2.05, 4.69) is 10.6 Å². The van der Waals surface area contributed by atoms with Gasteiger partial charge < -0.3 is 26.2 Å². The quantitative estimate of drug-likeness (QED) is 0.497. The highest BCUT2D eigenvalue weighted by Gasteiger charge is 2.29. The minimum absolute atomic E-state index is 0.0126. The van der Waals surface area contributed by atoms with Crippen molar-refractivity contribution in [2.24, 2.45) is 5.73 Å². The lowest BCUT2D eigenvalue weighted by Crippen LogP contribution is -2.57. The molecule has 0 heterocycles. The molecule has 0 radical (unpaired) electrons. The van der Waals surface area contributed by atoms with E-state index in [-0.39, 0.29) is 13.0 Å². The Morgan fingerprint density at radius 2 is 1.52 bits per heavy atom. The van der Waals surface area contributed by atoms with E-state index < -0.39 is 36.1 Å². The van der Waals surface area contributed by atoms with Gasteiger partial charge in [0.1, 0.15) is 18.7 Å². The van der Waals surface area contributed by atoms with Gasteiger partial charge in [-0.25, -0.2) is 4.79 Å². The standard InChI is InChI=1S/C21H25N3O5/c1-14(25)18(24-21(28)29-13-16-10-6-3-7-11-16)20(27)23-17(19(22)26)12-15-8-4-2-5-9-15/h2-11,14,17-18,25H,12-13H2,1H3,(H2,22,26)(H,23,27)(H,24,28)/t14-,17-,18+/m0/s1. The van der Waals surface area contributed by atoms with E-state index in [1.54, 1.807) is 48.5 Å². The molecule has 3 amide bonds. The SMILES string of the molecule is C[C@H](O)[C@@H](NC(=O)OCc1ccccc1)C(=O)N[C@@H](Cc1ccccc1)C(N)=O. The monoisotopic (exact) mass is 399 g/mol. The number of alkyl carbamates (subject to hydrolysis) is 1. The Morgan fingerprint density at radius 1 is 0.966 bits per heavy atom. The van der Waals surface area contributed by atoms with Crippen LogP contribution in [-0.4, -0.2) is 41.2 Å². The summed E-state index contributed by atoms with van der Waals surface area (Å²) in [4.78, 5) is 36.3. The van der Waals surface area contributed by atoms with Crippen LogP contribution in [0.4, 0.5) is 4.79 Å². The number of carbonyl (C=O) groups excluding carboxylic acids is 3. The van der Waals surface area contributed by atoms with Gasteiger partial charge in [0.2, 0.25) is 11.8 Å². The Bertz CT molecular complexity index is 812. The molecule has 0 saturated carbocycles. The number of aliphatic hydroxyl groups excluding tert-OH is 1. The number of amides is 3. The molecule has 154 valence electrons. The molecule has 0 unspecified atom stereocenters. The molecule has 2 rings (SSSR count). The van der Waals surface area contributed by atoms with Crippen molar-refractivity contribution in [3.05, 3.63) is 71.8 Å². The van der Waals surface area contributed by atoms with E-state index in [0.717, 1.165) is 11.1 Å². The predicted octanol–water partition coefficient (Wildman–Crippen LogP) is 0.875. The van der Waals surface area contributed by atoms with Crippen LogP contribution in [0.25, 0.3) is 0 Å². The first-order valence-electron chi connectivity index (χ1n) is 9.15. The molecule has 0 aliphatic carbocycles. The fourth-order valence-electron chi connectivity index (χ4n) is 2.63. The molecule has 2 aromatic rings. The van der Waals surface area contributed by atoms with Gasteiger partial charge in [0.25, 0.3) is 0 Å². The van der Waals surface area contributed by atoms with Crippen LogP contribution in [0.2, 0.25) is 0 Å². The van der Waals surface area contributed by atoms with Crippen LogP contribution in [0, 0.1) is 0 Å². The number of hydrogen-bond acceptors (Lipinski definition) is 5. The second-order valence-electron chi connectivity index (χ2n) is 6.58. The van der Waals surface area contributed by atoms with Crippen molar-refractivity contribution in [3.63, 3.8) is 0 Å².